The molecule has 2 heterocycles. The number of hydrogen-bond donors (Lipinski definition) is 1. The normalized spacial score (nSPS) is 21.6. The molecule has 1 aliphatic heterocycles. The molecule has 0 spiro atoms. The summed E-state index contributed by atoms with van der Waals surface area (Å²) in [4.78, 5) is 48.1. The number of nitrogens with one attached hydrogen (secondary N) is 1. The maximum atomic E-state index is 12.2. The highest BCUT2D eigenvalue weighted by atomic mass is 19.1. The first-order chi connectivity index (χ1) is 12.3. The Balaban J connectivity index is 2.30. The van der Waals surface area contributed by atoms with E-state index in [4.69, 9.17) is 14.2 Å². The van der Waals surface area contributed by atoms with E-state index in [1.165, 1.54) is 13.8 Å². The number of aromatic amines is 1. The molecule has 0 aliphatic carbocycles. The van der Waals surface area contributed by atoms with Crippen molar-refractivity contribution in [3.05, 3.63) is 32.6 Å². The Morgan fingerprint density at radius 2 is 2.12 bits per heavy atom. The first-order valence-electron chi connectivity index (χ1n) is 7.68. The summed E-state index contributed by atoms with van der Waals surface area (Å²) in [5, 5.41) is 0. The number of ether oxygens (including phenoxy) is 3. The zero-order valence-electron chi connectivity index (χ0n) is 14.1. The second-order valence-electron chi connectivity index (χ2n) is 5.46. The van der Waals surface area contributed by atoms with Crippen LogP contribution in [0.15, 0.2) is 15.8 Å². The number of nitrogens with zero attached hydrogens (tertiary/aromatic N) is 1. The van der Waals surface area contributed by atoms with Gasteiger partial charge in [-0.15, -0.1) is 0 Å². The molecular formula is C16H17FN2O7. The molecule has 0 amide bonds. The highest BCUT2D eigenvalue weighted by molar-refractivity contribution is 5.66. The van der Waals surface area contributed by atoms with Crippen molar-refractivity contribution in [1.82, 2.24) is 9.55 Å². The Labute approximate surface area is 147 Å². The zero-order valence-corrected chi connectivity index (χ0v) is 14.1. The van der Waals surface area contributed by atoms with Gasteiger partial charge in [0, 0.05) is 26.5 Å². The smallest absolute Gasteiger partial charge is 0.330 e. The van der Waals surface area contributed by atoms with Gasteiger partial charge in [-0.3, -0.25) is 23.9 Å². The number of carbonyl (C=O) groups is 2. The fourth-order valence-corrected chi connectivity index (χ4v) is 2.47. The first kappa shape index (κ1) is 19.4. The molecule has 26 heavy (non-hydrogen) atoms. The third-order valence-corrected chi connectivity index (χ3v) is 3.52. The minimum atomic E-state index is -0.947. The lowest BCUT2D eigenvalue weighted by atomic mass is 10.2. The quantitative estimate of drug-likeness (QED) is 0.570. The van der Waals surface area contributed by atoms with Crippen LogP contribution in [-0.4, -0.2) is 47.0 Å². The minimum absolute atomic E-state index is 0.0907. The Morgan fingerprint density at radius 3 is 2.73 bits per heavy atom. The lowest BCUT2D eigenvalue weighted by molar-refractivity contribution is -0.155. The predicted octanol–water partition coefficient (Wildman–Crippen LogP) is -0.360. The van der Waals surface area contributed by atoms with Gasteiger partial charge in [0.2, 0.25) is 0 Å². The van der Waals surface area contributed by atoms with Crippen LogP contribution in [0.25, 0.3) is 0 Å². The summed E-state index contributed by atoms with van der Waals surface area (Å²) >= 11 is 0. The zero-order chi connectivity index (χ0) is 19.3. The van der Waals surface area contributed by atoms with E-state index in [-0.39, 0.29) is 18.6 Å². The van der Waals surface area contributed by atoms with Gasteiger partial charge in [-0.25, -0.2) is 9.18 Å². The molecular weight excluding hydrogens is 351 g/mol. The van der Waals surface area contributed by atoms with Crippen molar-refractivity contribution in [3.63, 3.8) is 0 Å². The van der Waals surface area contributed by atoms with Gasteiger partial charge in [0.1, 0.15) is 30.6 Å². The number of carbonyl (C=O) groups excluding carboxylic acids is 2. The number of esters is 2. The summed E-state index contributed by atoms with van der Waals surface area (Å²) < 4.78 is 28.9. The highest BCUT2D eigenvalue weighted by Crippen LogP contribution is 2.30. The molecule has 1 aliphatic rings. The van der Waals surface area contributed by atoms with Gasteiger partial charge in [0.25, 0.3) is 5.56 Å². The summed E-state index contributed by atoms with van der Waals surface area (Å²) in [7, 11) is 0. The van der Waals surface area contributed by atoms with Gasteiger partial charge in [-0.2, -0.15) is 0 Å². The van der Waals surface area contributed by atoms with Crippen LogP contribution in [0.3, 0.4) is 0 Å². The predicted molar refractivity (Wildman–Crippen MR) is 84.9 cm³/mol. The molecule has 0 bridgehead atoms. The third-order valence-electron chi connectivity index (χ3n) is 3.52. The van der Waals surface area contributed by atoms with Crippen molar-refractivity contribution in [1.29, 1.82) is 0 Å². The van der Waals surface area contributed by atoms with Crippen molar-refractivity contribution in [2.45, 2.75) is 38.7 Å². The molecule has 9 nitrogen and oxygen atoms in total. The standard InChI is InChI=1S/C16H17FN2O7/c1-9(20)24-8-13-12(25-10(2)21)6-14(26-13)19-7-11(4-3-5-17)15(22)18-16(19)23/h7,12-14H,5-6,8H2,1-2H3,(H,18,22,23)/t12-,13+,14+/m0/s1. The molecule has 2 rings (SSSR count). The van der Waals surface area contributed by atoms with Gasteiger partial charge in [0.05, 0.1) is 0 Å². The lowest BCUT2D eigenvalue weighted by Crippen LogP contribution is -2.34. The Hall–Kier alpha value is -2.93. The molecule has 0 saturated carbocycles. The number of alkyl halides is 1. The van der Waals surface area contributed by atoms with Crippen LogP contribution in [-0.2, 0) is 23.8 Å². The molecule has 0 unspecified atom stereocenters. The molecule has 140 valence electrons. The van der Waals surface area contributed by atoms with Gasteiger partial charge < -0.3 is 14.2 Å². The SMILES string of the molecule is CC(=O)OC[C@H]1O[C@@H](n2cc(C#CCF)c(=O)[nH]c2=O)C[C@@H]1OC(C)=O. The molecule has 1 aromatic rings. The molecule has 1 aromatic heterocycles. The molecule has 1 N–H and O–H groups in total. The van der Waals surface area contributed by atoms with E-state index in [0.717, 1.165) is 10.8 Å². The van der Waals surface area contributed by atoms with Crippen molar-refractivity contribution >= 4 is 11.9 Å². The van der Waals surface area contributed by atoms with Gasteiger partial charge >= 0.3 is 17.6 Å². The topological polar surface area (TPSA) is 117 Å². The van der Waals surface area contributed by atoms with Crippen LogP contribution < -0.4 is 11.2 Å². The molecule has 0 aromatic carbocycles. The Kier molecular flexibility index (Phi) is 6.30. The third kappa shape index (κ3) is 4.80. The van der Waals surface area contributed by atoms with E-state index < -0.39 is 48.3 Å². The second-order valence-corrected chi connectivity index (χ2v) is 5.46. The number of halogens is 1. The monoisotopic (exact) mass is 368 g/mol. The largest absolute Gasteiger partial charge is 0.463 e. The Morgan fingerprint density at radius 1 is 1.38 bits per heavy atom. The summed E-state index contributed by atoms with van der Waals surface area (Å²) in [5.41, 5.74) is -1.63. The maximum absolute atomic E-state index is 12.2. The molecule has 1 fully saturated rings. The van der Waals surface area contributed by atoms with E-state index in [1.807, 2.05) is 0 Å². The molecule has 1 saturated heterocycles. The van der Waals surface area contributed by atoms with Crippen molar-refractivity contribution < 1.29 is 28.2 Å². The molecule has 3 atom stereocenters. The summed E-state index contributed by atoms with van der Waals surface area (Å²) in [6, 6.07) is 0. The highest BCUT2D eigenvalue weighted by Gasteiger charge is 2.39. The van der Waals surface area contributed by atoms with Crippen LogP contribution in [0.5, 0.6) is 0 Å². The fraction of sp³-hybridized carbons (Fsp3) is 0.500. The maximum Gasteiger partial charge on any atom is 0.330 e. The van der Waals surface area contributed by atoms with Crippen LogP contribution >= 0.6 is 0 Å². The van der Waals surface area contributed by atoms with Crippen LogP contribution in [0.2, 0.25) is 0 Å². The van der Waals surface area contributed by atoms with E-state index in [0.29, 0.717) is 0 Å². The summed E-state index contributed by atoms with van der Waals surface area (Å²) in [6.45, 7) is 1.32. The summed E-state index contributed by atoms with van der Waals surface area (Å²) in [5.74, 6) is 3.31. The number of aromatic nitrogens is 2. The van der Waals surface area contributed by atoms with E-state index in [1.54, 1.807) is 0 Å². The second kappa shape index (κ2) is 8.44. The number of rotatable bonds is 4. The van der Waals surface area contributed by atoms with Crippen LogP contribution in [0.1, 0.15) is 32.1 Å². The van der Waals surface area contributed by atoms with Gasteiger partial charge in [-0.1, -0.05) is 11.8 Å². The van der Waals surface area contributed by atoms with Crippen molar-refractivity contribution in [2.24, 2.45) is 0 Å². The Bertz CT molecular complexity index is 864. The summed E-state index contributed by atoms with van der Waals surface area (Å²) in [6.07, 6.45) is -1.20. The number of hydrogen-bond acceptors (Lipinski definition) is 7. The molecule has 10 heteroatoms. The minimum Gasteiger partial charge on any atom is -0.463 e. The van der Waals surface area contributed by atoms with Crippen LogP contribution in [0.4, 0.5) is 4.39 Å². The van der Waals surface area contributed by atoms with Crippen LogP contribution in [0, 0.1) is 11.8 Å². The lowest BCUT2D eigenvalue weighted by Gasteiger charge is -2.17. The average Bonchev–Trinajstić information content (AvgIpc) is 2.94. The van der Waals surface area contributed by atoms with E-state index in [9.17, 15) is 23.6 Å². The van der Waals surface area contributed by atoms with Crippen molar-refractivity contribution in [2.75, 3.05) is 13.3 Å². The first-order valence-corrected chi connectivity index (χ1v) is 7.68. The number of H-pyrrole nitrogens is 1. The van der Waals surface area contributed by atoms with E-state index in [2.05, 4.69) is 16.8 Å². The fourth-order valence-electron chi connectivity index (χ4n) is 2.47. The molecule has 0 radical (unpaired) electrons. The average molecular weight is 368 g/mol. The van der Waals surface area contributed by atoms with Crippen molar-refractivity contribution in [3.8, 4) is 11.8 Å². The van der Waals surface area contributed by atoms with E-state index >= 15 is 0 Å². The van der Waals surface area contributed by atoms with Gasteiger partial charge in [-0.05, 0) is 0 Å². The van der Waals surface area contributed by atoms with Gasteiger partial charge in [0.15, 0.2) is 6.67 Å².